The average Bonchev–Trinajstić information content (AvgIpc) is 3.51. The highest BCUT2D eigenvalue weighted by atomic mass is 19.1. The van der Waals surface area contributed by atoms with Crippen molar-refractivity contribution in [1.29, 1.82) is 0 Å². The van der Waals surface area contributed by atoms with Crippen molar-refractivity contribution in [1.82, 2.24) is 10.2 Å². The van der Waals surface area contributed by atoms with Gasteiger partial charge < -0.3 is 10.2 Å². The topological polar surface area (TPSA) is 49.4 Å². The van der Waals surface area contributed by atoms with Crippen LogP contribution in [0.4, 0.5) is 4.39 Å². The molecule has 2 aliphatic rings. The number of amides is 2. The zero-order valence-electron chi connectivity index (χ0n) is 16.0. The molecule has 0 spiro atoms. The van der Waals surface area contributed by atoms with Crippen LogP contribution in [0.2, 0.25) is 0 Å². The van der Waals surface area contributed by atoms with E-state index in [4.69, 9.17) is 0 Å². The maximum Gasteiger partial charge on any atom is 0.254 e. The van der Waals surface area contributed by atoms with Crippen LogP contribution < -0.4 is 5.32 Å². The molecule has 5 heteroatoms. The van der Waals surface area contributed by atoms with Crippen LogP contribution in [-0.4, -0.2) is 29.3 Å². The number of aryl methyl sites for hydroxylation is 1. The summed E-state index contributed by atoms with van der Waals surface area (Å²) >= 11 is 0. The summed E-state index contributed by atoms with van der Waals surface area (Å²) in [7, 11) is 0. The van der Waals surface area contributed by atoms with Crippen LogP contribution in [0.1, 0.15) is 53.2 Å². The van der Waals surface area contributed by atoms with Crippen LogP contribution in [0.25, 0.3) is 0 Å². The monoisotopic (exact) mass is 380 g/mol. The zero-order chi connectivity index (χ0) is 19.7. The molecule has 2 aromatic rings. The molecular formula is C23H25FN2O2. The van der Waals surface area contributed by atoms with E-state index in [1.165, 1.54) is 24.3 Å². The van der Waals surface area contributed by atoms with E-state index in [9.17, 15) is 14.0 Å². The second-order valence-corrected chi connectivity index (χ2v) is 7.95. The maximum absolute atomic E-state index is 13.3. The van der Waals surface area contributed by atoms with Gasteiger partial charge >= 0.3 is 0 Å². The molecule has 4 rings (SSSR count). The predicted molar refractivity (Wildman–Crippen MR) is 105 cm³/mol. The summed E-state index contributed by atoms with van der Waals surface area (Å²) in [4.78, 5) is 27.6. The van der Waals surface area contributed by atoms with Crippen molar-refractivity contribution in [2.45, 2.75) is 44.7 Å². The van der Waals surface area contributed by atoms with Gasteiger partial charge in [-0.3, -0.25) is 9.59 Å². The summed E-state index contributed by atoms with van der Waals surface area (Å²) in [5.74, 6) is -0.685. The number of nitrogens with zero attached hydrogens (tertiary/aromatic N) is 1. The van der Waals surface area contributed by atoms with E-state index < -0.39 is 0 Å². The molecule has 1 aliphatic heterocycles. The Kier molecular flexibility index (Phi) is 5.16. The smallest absolute Gasteiger partial charge is 0.254 e. The number of benzene rings is 2. The molecule has 2 atom stereocenters. The molecule has 4 nitrogen and oxygen atoms in total. The average molecular weight is 380 g/mol. The SMILES string of the molecule is Cc1cccc(C2CCC(C(=O)NC3CC3)CN2C(=O)c2ccc(F)cc2)c1. The lowest BCUT2D eigenvalue weighted by atomic mass is 9.87. The van der Waals surface area contributed by atoms with Crippen molar-refractivity contribution < 1.29 is 14.0 Å². The molecule has 0 aromatic heterocycles. The number of hydrogen-bond donors (Lipinski definition) is 1. The molecule has 1 aliphatic carbocycles. The van der Waals surface area contributed by atoms with Gasteiger partial charge in [-0.05, 0) is 62.4 Å². The zero-order valence-corrected chi connectivity index (χ0v) is 16.0. The fourth-order valence-corrected chi connectivity index (χ4v) is 3.94. The van der Waals surface area contributed by atoms with Crippen LogP contribution in [0.3, 0.4) is 0 Å². The Morgan fingerprint density at radius 2 is 1.79 bits per heavy atom. The Morgan fingerprint density at radius 1 is 1.04 bits per heavy atom. The first-order valence-electron chi connectivity index (χ1n) is 9.95. The minimum Gasteiger partial charge on any atom is -0.353 e. The number of carbonyl (C=O) groups excluding carboxylic acids is 2. The van der Waals surface area contributed by atoms with Gasteiger partial charge in [0.15, 0.2) is 0 Å². The van der Waals surface area contributed by atoms with Crippen LogP contribution >= 0.6 is 0 Å². The highest BCUT2D eigenvalue weighted by Gasteiger charge is 2.37. The molecular weight excluding hydrogens is 355 g/mol. The summed E-state index contributed by atoms with van der Waals surface area (Å²) in [6.45, 7) is 2.41. The van der Waals surface area contributed by atoms with Gasteiger partial charge in [-0.15, -0.1) is 0 Å². The van der Waals surface area contributed by atoms with Crippen LogP contribution in [0.5, 0.6) is 0 Å². The van der Waals surface area contributed by atoms with Gasteiger partial charge in [-0.2, -0.15) is 0 Å². The normalized spacial score (nSPS) is 22.0. The Morgan fingerprint density at radius 3 is 2.46 bits per heavy atom. The number of hydrogen-bond acceptors (Lipinski definition) is 2. The third kappa shape index (κ3) is 4.08. The van der Waals surface area contributed by atoms with Gasteiger partial charge in [0.25, 0.3) is 5.91 Å². The van der Waals surface area contributed by atoms with Gasteiger partial charge in [-0.25, -0.2) is 4.39 Å². The Hall–Kier alpha value is -2.69. The number of halogens is 1. The molecule has 2 aromatic carbocycles. The molecule has 1 saturated carbocycles. The van der Waals surface area contributed by atoms with Gasteiger partial charge in [0.1, 0.15) is 5.82 Å². The van der Waals surface area contributed by atoms with Crippen molar-refractivity contribution in [2.24, 2.45) is 5.92 Å². The Bertz CT molecular complexity index is 876. The summed E-state index contributed by atoms with van der Waals surface area (Å²) in [5.41, 5.74) is 2.67. The van der Waals surface area contributed by atoms with E-state index in [-0.39, 0.29) is 29.6 Å². The largest absolute Gasteiger partial charge is 0.353 e. The standard InChI is InChI=1S/C23H25FN2O2/c1-15-3-2-4-17(13-15)21-12-7-18(22(27)25-20-10-11-20)14-26(21)23(28)16-5-8-19(24)9-6-16/h2-6,8-9,13,18,20-21H,7,10-12,14H2,1H3,(H,25,27). The van der Waals surface area contributed by atoms with Crippen molar-refractivity contribution in [2.75, 3.05) is 6.54 Å². The molecule has 2 fully saturated rings. The quantitative estimate of drug-likeness (QED) is 0.871. The maximum atomic E-state index is 13.3. The van der Waals surface area contributed by atoms with Gasteiger partial charge in [0.2, 0.25) is 5.91 Å². The number of likely N-dealkylation sites (tertiary alicyclic amines) is 1. The molecule has 1 saturated heterocycles. The fraction of sp³-hybridized carbons (Fsp3) is 0.391. The van der Waals surface area contributed by atoms with E-state index in [1.54, 1.807) is 4.90 Å². The van der Waals surface area contributed by atoms with Gasteiger partial charge in [0, 0.05) is 18.2 Å². The second-order valence-electron chi connectivity index (χ2n) is 7.95. The van der Waals surface area contributed by atoms with E-state index in [0.717, 1.165) is 36.8 Å². The summed E-state index contributed by atoms with van der Waals surface area (Å²) in [6, 6.07) is 14.0. The minimum atomic E-state index is -0.368. The lowest BCUT2D eigenvalue weighted by molar-refractivity contribution is -0.127. The third-order valence-electron chi connectivity index (χ3n) is 5.66. The van der Waals surface area contributed by atoms with Crippen molar-refractivity contribution >= 4 is 11.8 Å². The van der Waals surface area contributed by atoms with E-state index in [2.05, 4.69) is 11.4 Å². The van der Waals surface area contributed by atoms with Crippen LogP contribution in [0.15, 0.2) is 48.5 Å². The summed E-state index contributed by atoms with van der Waals surface area (Å²) in [6.07, 6.45) is 3.58. The van der Waals surface area contributed by atoms with Crippen molar-refractivity contribution in [3.8, 4) is 0 Å². The molecule has 0 radical (unpaired) electrons. The Balaban J connectivity index is 1.60. The second kappa shape index (κ2) is 7.74. The molecule has 2 unspecified atom stereocenters. The molecule has 146 valence electrons. The first-order chi connectivity index (χ1) is 13.5. The Labute approximate surface area is 164 Å². The highest BCUT2D eigenvalue weighted by Crippen LogP contribution is 2.35. The van der Waals surface area contributed by atoms with E-state index in [1.807, 2.05) is 25.1 Å². The third-order valence-corrected chi connectivity index (χ3v) is 5.66. The minimum absolute atomic E-state index is 0.0436. The lowest BCUT2D eigenvalue weighted by Gasteiger charge is -2.39. The van der Waals surface area contributed by atoms with Crippen LogP contribution in [0, 0.1) is 18.7 Å². The number of piperidine rings is 1. The predicted octanol–water partition coefficient (Wildman–Crippen LogP) is 4.01. The van der Waals surface area contributed by atoms with Crippen molar-refractivity contribution in [3.05, 3.63) is 71.0 Å². The molecule has 28 heavy (non-hydrogen) atoms. The molecule has 1 heterocycles. The van der Waals surface area contributed by atoms with E-state index >= 15 is 0 Å². The molecule has 2 amide bonds. The van der Waals surface area contributed by atoms with Crippen molar-refractivity contribution in [3.63, 3.8) is 0 Å². The highest BCUT2D eigenvalue weighted by molar-refractivity contribution is 5.95. The summed E-state index contributed by atoms with van der Waals surface area (Å²) < 4.78 is 13.3. The number of rotatable bonds is 4. The first-order valence-corrected chi connectivity index (χ1v) is 9.95. The lowest BCUT2D eigenvalue weighted by Crippen LogP contribution is -2.47. The fourth-order valence-electron chi connectivity index (χ4n) is 3.94. The van der Waals surface area contributed by atoms with E-state index in [0.29, 0.717) is 18.2 Å². The number of nitrogens with one attached hydrogen (secondary N) is 1. The molecule has 0 bridgehead atoms. The molecule has 1 N–H and O–H groups in total. The first kappa shape index (κ1) is 18.7. The summed E-state index contributed by atoms with van der Waals surface area (Å²) in [5, 5.41) is 3.07. The number of carbonyl (C=O) groups is 2. The van der Waals surface area contributed by atoms with Gasteiger partial charge in [-0.1, -0.05) is 29.8 Å². The van der Waals surface area contributed by atoms with Gasteiger partial charge in [0.05, 0.1) is 12.0 Å². The van der Waals surface area contributed by atoms with Crippen LogP contribution in [-0.2, 0) is 4.79 Å².